The molecule has 5 rings (SSSR count). The summed E-state index contributed by atoms with van der Waals surface area (Å²) < 4.78 is 2.05. The minimum absolute atomic E-state index is 0.160. The number of hydrogen-bond donors (Lipinski definition) is 0. The number of amides is 1. The Balaban J connectivity index is 1.32. The van der Waals surface area contributed by atoms with Crippen LogP contribution in [-0.4, -0.2) is 58.0 Å². The Morgan fingerprint density at radius 2 is 1.68 bits per heavy atom. The number of aromatic nitrogens is 2. The third-order valence-electron chi connectivity index (χ3n) is 7.44. The van der Waals surface area contributed by atoms with Gasteiger partial charge in [-0.3, -0.25) is 19.1 Å². The van der Waals surface area contributed by atoms with Crippen LogP contribution in [0.1, 0.15) is 79.6 Å². The van der Waals surface area contributed by atoms with Crippen molar-refractivity contribution in [1.82, 2.24) is 19.4 Å². The van der Waals surface area contributed by atoms with Gasteiger partial charge >= 0.3 is 0 Å². The zero-order chi connectivity index (χ0) is 21.5. The van der Waals surface area contributed by atoms with Gasteiger partial charge in [0, 0.05) is 43.0 Å². The molecule has 0 unspecified atom stereocenters. The van der Waals surface area contributed by atoms with E-state index in [1.807, 2.05) is 4.57 Å². The average molecular weight is 443 g/mol. The van der Waals surface area contributed by atoms with Gasteiger partial charge in [0.25, 0.3) is 5.56 Å². The molecule has 0 radical (unpaired) electrons. The summed E-state index contributed by atoms with van der Waals surface area (Å²) >= 11 is 1.65. The van der Waals surface area contributed by atoms with Crippen molar-refractivity contribution >= 4 is 27.5 Å². The van der Waals surface area contributed by atoms with Gasteiger partial charge in [0.05, 0.1) is 11.9 Å². The van der Waals surface area contributed by atoms with Gasteiger partial charge < -0.3 is 4.90 Å². The van der Waals surface area contributed by atoms with E-state index < -0.39 is 0 Å². The topological polar surface area (TPSA) is 58.4 Å². The monoisotopic (exact) mass is 442 g/mol. The molecule has 0 spiro atoms. The second-order valence-corrected chi connectivity index (χ2v) is 10.9. The van der Waals surface area contributed by atoms with Gasteiger partial charge in [-0.05, 0) is 57.9 Å². The fourth-order valence-corrected chi connectivity index (χ4v) is 6.28. The first-order valence-electron chi connectivity index (χ1n) is 12.0. The van der Waals surface area contributed by atoms with E-state index in [1.54, 1.807) is 11.3 Å². The lowest BCUT2D eigenvalue weighted by atomic mass is 10.0. The van der Waals surface area contributed by atoms with Crippen molar-refractivity contribution in [3.05, 3.63) is 26.6 Å². The number of rotatable bonds is 4. The van der Waals surface area contributed by atoms with Crippen LogP contribution in [0.4, 0.5) is 0 Å². The molecule has 1 aliphatic carbocycles. The smallest absolute Gasteiger partial charge is 0.262 e. The highest BCUT2D eigenvalue weighted by molar-refractivity contribution is 7.18. The third-order valence-corrected chi connectivity index (χ3v) is 8.55. The number of aryl methyl sites for hydroxylation is 2. The van der Waals surface area contributed by atoms with Crippen LogP contribution in [0, 0.1) is 13.8 Å². The second-order valence-electron chi connectivity index (χ2n) is 9.69. The maximum atomic E-state index is 13.6. The molecule has 31 heavy (non-hydrogen) atoms. The number of hydrogen-bond acceptors (Lipinski definition) is 5. The number of thiophene rings is 1. The second kappa shape index (κ2) is 8.66. The summed E-state index contributed by atoms with van der Waals surface area (Å²) in [5, 5.41) is 0.825. The number of fused-ring (bicyclic) bond motifs is 1. The molecule has 0 aromatic carbocycles. The third kappa shape index (κ3) is 4.19. The lowest BCUT2D eigenvalue weighted by Gasteiger charge is -2.34. The first-order valence-corrected chi connectivity index (χ1v) is 12.9. The van der Waals surface area contributed by atoms with E-state index in [0.717, 1.165) is 86.3 Å². The molecule has 1 saturated carbocycles. The molecule has 3 aliphatic rings. The maximum Gasteiger partial charge on any atom is 0.262 e. The van der Waals surface area contributed by atoms with E-state index in [9.17, 15) is 9.59 Å². The zero-order valence-electron chi connectivity index (χ0n) is 18.9. The first-order chi connectivity index (χ1) is 15.0. The summed E-state index contributed by atoms with van der Waals surface area (Å²) in [6, 6.07) is 0.198. The molecule has 0 N–H and O–H groups in total. The quantitative estimate of drug-likeness (QED) is 0.718. The Morgan fingerprint density at radius 1 is 1.00 bits per heavy atom. The minimum Gasteiger partial charge on any atom is -0.342 e. The summed E-state index contributed by atoms with van der Waals surface area (Å²) in [4.78, 5) is 37.8. The Labute approximate surface area is 188 Å². The summed E-state index contributed by atoms with van der Waals surface area (Å²) in [5.41, 5.74) is 1.25. The number of carbonyl (C=O) groups excluding carboxylic acids is 1. The van der Waals surface area contributed by atoms with Gasteiger partial charge in [0.1, 0.15) is 10.7 Å². The van der Waals surface area contributed by atoms with Crippen LogP contribution in [0.3, 0.4) is 0 Å². The maximum absolute atomic E-state index is 13.6. The zero-order valence-corrected chi connectivity index (χ0v) is 19.7. The van der Waals surface area contributed by atoms with Crippen LogP contribution in [-0.2, 0) is 4.79 Å². The van der Waals surface area contributed by atoms with Crippen LogP contribution in [0.25, 0.3) is 10.2 Å². The van der Waals surface area contributed by atoms with Gasteiger partial charge in [-0.2, -0.15) is 0 Å². The Kier molecular flexibility index (Phi) is 5.90. The fraction of sp³-hybridized carbons (Fsp3) is 0.708. The van der Waals surface area contributed by atoms with Crippen molar-refractivity contribution in [3.8, 4) is 0 Å². The van der Waals surface area contributed by atoms with Crippen molar-refractivity contribution in [2.75, 3.05) is 32.7 Å². The number of piperidine rings is 1. The van der Waals surface area contributed by atoms with Crippen LogP contribution in [0.2, 0.25) is 0 Å². The van der Waals surface area contributed by atoms with Gasteiger partial charge in [-0.25, -0.2) is 4.98 Å². The van der Waals surface area contributed by atoms with E-state index in [1.165, 1.54) is 17.7 Å². The van der Waals surface area contributed by atoms with Crippen molar-refractivity contribution < 1.29 is 4.79 Å². The number of nitrogens with zero attached hydrogens (tertiary/aromatic N) is 4. The van der Waals surface area contributed by atoms with Gasteiger partial charge in [0.15, 0.2) is 0 Å². The predicted molar refractivity (Wildman–Crippen MR) is 125 cm³/mol. The lowest BCUT2D eigenvalue weighted by molar-refractivity contribution is -0.132. The largest absolute Gasteiger partial charge is 0.342 e. The molecule has 4 heterocycles. The Hall–Kier alpha value is -1.73. The highest BCUT2D eigenvalue weighted by Crippen LogP contribution is 2.41. The number of likely N-dealkylation sites (tertiary alicyclic amines) is 2. The average Bonchev–Trinajstić information content (AvgIpc) is 3.58. The van der Waals surface area contributed by atoms with Gasteiger partial charge in [0.2, 0.25) is 5.91 Å². The molecule has 2 saturated heterocycles. The Morgan fingerprint density at radius 3 is 2.32 bits per heavy atom. The normalized spacial score (nSPS) is 21.5. The fourth-order valence-electron chi connectivity index (χ4n) is 5.25. The van der Waals surface area contributed by atoms with Gasteiger partial charge in [-0.15, -0.1) is 11.3 Å². The molecule has 1 amide bonds. The highest BCUT2D eigenvalue weighted by Gasteiger charge is 2.34. The molecule has 2 aromatic heterocycles. The van der Waals surface area contributed by atoms with E-state index in [0.29, 0.717) is 12.5 Å². The van der Waals surface area contributed by atoms with Crippen molar-refractivity contribution in [1.29, 1.82) is 0 Å². The van der Waals surface area contributed by atoms with E-state index in [-0.39, 0.29) is 17.5 Å². The SMILES string of the molecule is Cc1sc2nc(C3CC3)n(C3CCN(CC(=O)N4CCCCCC4)CC3)c(=O)c2c1C. The first kappa shape index (κ1) is 21.1. The Bertz CT molecular complexity index is 1020. The van der Waals surface area contributed by atoms with Gasteiger partial charge in [-0.1, -0.05) is 12.8 Å². The summed E-state index contributed by atoms with van der Waals surface area (Å²) in [7, 11) is 0. The van der Waals surface area contributed by atoms with Crippen LogP contribution in [0.15, 0.2) is 4.79 Å². The molecular formula is C24H34N4O2S. The molecule has 0 atom stereocenters. The molecular weight excluding hydrogens is 408 g/mol. The highest BCUT2D eigenvalue weighted by atomic mass is 32.1. The minimum atomic E-state index is 0.160. The van der Waals surface area contributed by atoms with E-state index in [4.69, 9.17) is 4.98 Å². The molecule has 168 valence electrons. The predicted octanol–water partition coefficient (Wildman–Crippen LogP) is 3.99. The van der Waals surface area contributed by atoms with Crippen molar-refractivity contribution in [3.63, 3.8) is 0 Å². The molecule has 6 nitrogen and oxygen atoms in total. The molecule has 2 aromatic rings. The number of carbonyl (C=O) groups is 1. The van der Waals surface area contributed by atoms with Crippen LogP contribution < -0.4 is 5.56 Å². The molecule has 7 heteroatoms. The van der Waals surface area contributed by atoms with Crippen LogP contribution >= 0.6 is 11.3 Å². The van der Waals surface area contributed by atoms with E-state index >= 15 is 0 Å². The lowest BCUT2D eigenvalue weighted by Crippen LogP contribution is -2.45. The standard InChI is InChI=1S/C24H34N4O2S/c1-16-17(2)31-23-21(16)24(30)28(22(25-23)18-7-8-18)19-9-13-26(14-10-19)15-20(29)27-11-5-3-4-6-12-27/h18-19H,3-15H2,1-2H3. The van der Waals surface area contributed by atoms with Crippen molar-refractivity contribution in [2.45, 2.75) is 77.2 Å². The van der Waals surface area contributed by atoms with Crippen molar-refractivity contribution in [2.24, 2.45) is 0 Å². The molecule has 2 aliphatic heterocycles. The van der Waals surface area contributed by atoms with E-state index in [2.05, 4.69) is 23.6 Å². The van der Waals surface area contributed by atoms with Crippen LogP contribution in [0.5, 0.6) is 0 Å². The summed E-state index contributed by atoms with van der Waals surface area (Å²) in [6.07, 6.45) is 8.89. The molecule has 0 bridgehead atoms. The molecule has 3 fully saturated rings. The summed E-state index contributed by atoms with van der Waals surface area (Å²) in [6.45, 7) is 8.25. The summed E-state index contributed by atoms with van der Waals surface area (Å²) in [5.74, 6) is 1.74.